The Morgan fingerprint density at radius 1 is 1.09 bits per heavy atom. The quantitative estimate of drug-likeness (QED) is 0.402. The second-order valence-electron chi connectivity index (χ2n) is 8.56. The monoisotopic (exact) mass is 473 g/mol. The van der Waals surface area contributed by atoms with Crippen molar-refractivity contribution in [3.63, 3.8) is 0 Å². The number of nitrogens with zero attached hydrogens (tertiary/aromatic N) is 4. The van der Waals surface area contributed by atoms with Gasteiger partial charge in [-0.1, -0.05) is 29.8 Å². The van der Waals surface area contributed by atoms with Gasteiger partial charge in [-0.2, -0.15) is 5.10 Å². The lowest BCUT2D eigenvalue weighted by atomic mass is 9.95. The van der Waals surface area contributed by atoms with E-state index in [-0.39, 0.29) is 23.2 Å². The molecule has 0 saturated carbocycles. The maximum absolute atomic E-state index is 13.6. The van der Waals surface area contributed by atoms with Crippen molar-refractivity contribution in [1.82, 2.24) is 24.6 Å². The van der Waals surface area contributed by atoms with Crippen molar-refractivity contribution in [3.05, 3.63) is 77.5 Å². The van der Waals surface area contributed by atoms with Crippen molar-refractivity contribution in [2.24, 2.45) is 0 Å². The molecule has 2 aromatic carbocycles. The summed E-state index contributed by atoms with van der Waals surface area (Å²) in [5.74, 6) is 0.353. The maximum Gasteiger partial charge on any atom is 0.273 e. The van der Waals surface area contributed by atoms with Gasteiger partial charge < -0.3 is 24.0 Å². The van der Waals surface area contributed by atoms with E-state index in [0.29, 0.717) is 12.2 Å². The highest BCUT2D eigenvalue weighted by Gasteiger charge is 2.42. The molecule has 2 N–H and O–H groups in total. The van der Waals surface area contributed by atoms with Crippen molar-refractivity contribution in [2.45, 2.75) is 25.9 Å². The van der Waals surface area contributed by atoms with E-state index < -0.39 is 6.04 Å². The number of carbonyl (C=O) groups excluding carboxylic acids is 1. The van der Waals surface area contributed by atoms with E-state index in [0.717, 1.165) is 40.9 Å². The van der Waals surface area contributed by atoms with Gasteiger partial charge in [0.2, 0.25) is 5.75 Å². The third kappa shape index (κ3) is 3.99. The molecular weight excluding hydrogens is 446 g/mol. The number of methoxy groups -OCH3 is 2. The zero-order chi connectivity index (χ0) is 24.5. The lowest BCUT2D eigenvalue weighted by Crippen LogP contribution is -2.31. The van der Waals surface area contributed by atoms with Crippen LogP contribution >= 0.6 is 0 Å². The first-order valence-electron chi connectivity index (χ1n) is 11.4. The summed E-state index contributed by atoms with van der Waals surface area (Å²) in [7, 11) is 2.98. The molecular formula is C26H27N5O4. The molecule has 0 aliphatic carbocycles. The summed E-state index contributed by atoms with van der Waals surface area (Å²) in [6.45, 7) is 3.28. The number of aryl methyl sites for hydroxylation is 2. The van der Waals surface area contributed by atoms with Crippen LogP contribution in [-0.2, 0) is 6.54 Å². The highest BCUT2D eigenvalue weighted by Crippen LogP contribution is 2.47. The van der Waals surface area contributed by atoms with Gasteiger partial charge in [-0.15, -0.1) is 0 Å². The summed E-state index contributed by atoms with van der Waals surface area (Å²) in [6, 6.07) is 11.1. The maximum atomic E-state index is 13.6. The molecule has 9 nitrogen and oxygen atoms in total. The Kier molecular flexibility index (Phi) is 5.90. The van der Waals surface area contributed by atoms with Crippen LogP contribution in [0.1, 0.15) is 39.6 Å². The molecule has 3 heterocycles. The van der Waals surface area contributed by atoms with Gasteiger partial charge in [-0.3, -0.25) is 9.89 Å². The average molecular weight is 474 g/mol. The van der Waals surface area contributed by atoms with Gasteiger partial charge in [-0.25, -0.2) is 4.98 Å². The normalized spacial score (nSPS) is 14.9. The van der Waals surface area contributed by atoms with Gasteiger partial charge in [-0.05, 0) is 31.0 Å². The van der Waals surface area contributed by atoms with Crippen molar-refractivity contribution in [3.8, 4) is 28.5 Å². The number of hydrogen-bond donors (Lipinski definition) is 2. The van der Waals surface area contributed by atoms with Gasteiger partial charge >= 0.3 is 0 Å². The van der Waals surface area contributed by atoms with E-state index in [4.69, 9.17) is 9.47 Å². The molecule has 4 aromatic rings. The van der Waals surface area contributed by atoms with E-state index >= 15 is 0 Å². The number of benzene rings is 2. The third-order valence-electron chi connectivity index (χ3n) is 6.38. The molecule has 1 unspecified atom stereocenters. The molecule has 1 aliphatic rings. The highest BCUT2D eigenvalue weighted by molar-refractivity contribution is 6.00. The van der Waals surface area contributed by atoms with Crippen LogP contribution in [-0.4, -0.2) is 56.4 Å². The first-order valence-corrected chi connectivity index (χ1v) is 11.4. The Hall–Kier alpha value is -4.27. The van der Waals surface area contributed by atoms with E-state index in [1.807, 2.05) is 46.9 Å². The molecule has 5 rings (SSSR count). The number of rotatable bonds is 8. The van der Waals surface area contributed by atoms with Crippen LogP contribution in [0.5, 0.6) is 17.2 Å². The SMILES string of the molecule is COc1cc(C2c3c(-c4ccc(C)cc4)n[nH]c3C(=O)N2CCCn2ccnc2)cc(OC)c1O. The molecule has 0 fully saturated rings. The second kappa shape index (κ2) is 9.17. The Morgan fingerprint density at radius 2 is 1.80 bits per heavy atom. The fourth-order valence-electron chi connectivity index (χ4n) is 4.62. The van der Waals surface area contributed by atoms with Crippen molar-refractivity contribution in [2.75, 3.05) is 20.8 Å². The van der Waals surface area contributed by atoms with Gasteiger partial charge in [0, 0.05) is 36.6 Å². The summed E-state index contributed by atoms with van der Waals surface area (Å²) >= 11 is 0. The third-order valence-corrected chi connectivity index (χ3v) is 6.38. The highest BCUT2D eigenvalue weighted by atomic mass is 16.5. The Morgan fingerprint density at radius 3 is 2.43 bits per heavy atom. The van der Waals surface area contributed by atoms with E-state index in [2.05, 4.69) is 15.2 Å². The van der Waals surface area contributed by atoms with Gasteiger partial charge in [0.15, 0.2) is 11.5 Å². The number of imidazole rings is 1. The van der Waals surface area contributed by atoms with Gasteiger partial charge in [0.05, 0.1) is 32.3 Å². The largest absolute Gasteiger partial charge is 0.502 e. The van der Waals surface area contributed by atoms with E-state index in [1.165, 1.54) is 14.2 Å². The molecule has 0 bridgehead atoms. The molecule has 1 amide bonds. The van der Waals surface area contributed by atoms with Crippen molar-refractivity contribution >= 4 is 5.91 Å². The topological polar surface area (TPSA) is 106 Å². The van der Waals surface area contributed by atoms with Crippen molar-refractivity contribution in [1.29, 1.82) is 0 Å². The Bertz CT molecular complexity index is 1320. The Labute approximate surface area is 202 Å². The number of carbonyl (C=O) groups is 1. The minimum absolute atomic E-state index is 0.0825. The number of aromatic hydroxyl groups is 1. The van der Waals surface area contributed by atoms with Crippen LogP contribution in [0.4, 0.5) is 0 Å². The lowest BCUT2D eigenvalue weighted by Gasteiger charge is -2.27. The summed E-state index contributed by atoms with van der Waals surface area (Å²) in [5, 5.41) is 18.0. The molecule has 1 aliphatic heterocycles. The zero-order valence-electron chi connectivity index (χ0n) is 19.9. The van der Waals surface area contributed by atoms with Gasteiger partial charge in [0.25, 0.3) is 5.91 Å². The van der Waals surface area contributed by atoms with Crippen LogP contribution in [0.3, 0.4) is 0 Å². The second-order valence-corrected chi connectivity index (χ2v) is 8.56. The molecule has 35 heavy (non-hydrogen) atoms. The van der Waals surface area contributed by atoms with Crippen molar-refractivity contribution < 1.29 is 19.4 Å². The number of aromatic nitrogens is 4. The molecule has 0 radical (unpaired) electrons. The predicted octanol–water partition coefficient (Wildman–Crippen LogP) is 3.94. The average Bonchev–Trinajstić information content (AvgIpc) is 3.59. The lowest BCUT2D eigenvalue weighted by molar-refractivity contribution is 0.0739. The molecule has 1 atom stereocenters. The van der Waals surface area contributed by atoms with E-state index in [1.54, 1.807) is 24.7 Å². The number of phenolic OH excluding ortho intramolecular Hbond substituents is 1. The number of fused-ring (bicyclic) bond motifs is 1. The number of aromatic amines is 1. The van der Waals surface area contributed by atoms with Gasteiger partial charge in [0.1, 0.15) is 5.69 Å². The first kappa shape index (κ1) is 22.5. The Balaban J connectivity index is 1.60. The minimum atomic E-state index is -0.432. The summed E-state index contributed by atoms with van der Waals surface area (Å²) < 4.78 is 12.8. The number of amides is 1. The summed E-state index contributed by atoms with van der Waals surface area (Å²) in [4.78, 5) is 19.5. The van der Waals surface area contributed by atoms with Crippen LogP contribution in [0.25, 0.3) is 11.3 Å². The number of phenols is 1. The smallest absolute Gasteiger partial charge is 0.273 e. The summed E-state index contributed by atoms with van der Waals surface area (Å²) in [6.07, 6.45) is 6.15. The molecule has 0 spiro atoms. The predicted molar refractivity (Wildman–Crippen MR) is 130 cm³/mol. The first-order chi connectivity index (χ1) is 17.0. The van der Waals surface area contributed by atoms with Crippen LogP contribution < -0.4 is 9.47 Å². The van der Waals surface area contributed by atoms with E-state index in [9.17, 15) is 9.90 Å². The number of nitrogens with one attached hydrogen (secondary N) is 1. The minimum Gasteiger partial charge on any atom is -0.502 e. The van der Waals surface area contributed by atoms with Crippen LogP contribution in [0.15, 0.2) is 55.1 Å². The number of H-pyrrole nitrogens is 1. The fourth-order valence-corrected chi connectivity index (χ4v) is 4.62. The van der Waals surface area contributed by atoms with Crippen LogP contribution in [0.2, 0.25) is 0 Å². The molecule has 2 aromatic heterocycles. The number of ether oxygens (including phenoxy) is 2. The zero-order valence-corrected chi connectivity index (χ0v) is 19.9. The standard InChI is InChI=1S/C26H27N5O4/c1-16-5-7-17(8-6-16)22-21-23(29-28-22)26(33)31(11-4-10-30-12-9-27-15-30)24(21)18-13-19(34-2)25(32)20(14-18)35-3/h5-9,12-15,24,32H,4,10-11H2,1-3H3,(H,28,29). The fraction of sp³-hybridized carbons (Fsp3) is 0.269. The number of hydrogen-bond acceptors (Lipinski definition) is 6. The molecule has 0 saturated heterocycles. The summed E-state index contributed by atoms with van der Waals surface area (Å²) in [5.41, 5.74) is 4.82. The molecule has 180 valence electrons. The van der Waals surface area contributed by atoms with Crippen LogP contribution in [0, 0.1) is 6.92 Å². The molecule has 9 heteroatoms.